The summed E-state index contributed by atoms with van der Waals surface area (Å²) in [6.45, 7) is 6.12. The van der Waals surface area contributed by atoms with E-state index in [1.54, 1.807) is 0 Å². The Bertz CT molecular complexity index is 422. The summed E-state index contributed by atoms with van der Waals surface area (Å²) >= 11 is 0. The fourth-order valence-electron chi connectivity index (χ4n) is 2.39. The van der Waals surface area contributed by atoms with Crippen LogP contribution in [-0.2, 0) is 6.42 Å². The molecule has 1 aromatic rings. The molecule has 1 atom stereocenters. The molecule has 0 spiro atoms. The predicted octanol–water partition coefficient (Wildman–Crippen LogP) is 1.14. The molecule has 2 rings (SSSR count). The third kappa shape index (κ3) is 2.56. The van der Waals surface area contributed by atoms with E-state index in [0.29, 0.717) is 11.7 Å². The van der Waals surface area contributed by atoms with Crippen molar-refractivity contribution in [1.82, 2.24) is 9.97 Å². The van der Waals surface area contributed by atoms with Crippen LogP contribution in [0.3, 0.4) is 0 Å². The highest BCUT2D eigenvalue weighted by Gasteiger charge is 2.25. The molecule has 0 aromatic carbocycles. The van der Waals surface area contributed by atoms with Crippen molar-refractivity contribution in [3.63, 3.8) is 0 Å². The van der Waals surface area contributed by atoms with Gasteiger partial charge in [-0.05, 0) is 19.8 Å². The molecule has 5 nitrogen and oxygen atoms in total. The minimum atomic E-state index is 0.248. The van der Waals surface area contributed by atoms with E-state index < -0.39 is 0 Å². The van der Waals surface area contributed by atoms with Crippen LogP contribution < -0.4 is 10.6 Å². The molecular formula is C13H22N4O. The van der Waals surface area contributed by atoms with Crippen LogP contribution in [0.5, 0.6) is 0 Å². The van der Waals surface area contributed by atoms with Crippen molar-refractivity contribution in [2.75, 3.05) is 30.3 Å². The number of rotatable bonds is 4. The van der Waals surface area contributed by atoms with Crippen LogP contribution in [0, 0.1) is 12.8 Å². The van der Waals surface area contributed by atoms with Crippen molar-refractivity contribution in [3.05, 3.63) is 11.4 Å². The number of nitrogens with zero attached hydrogens (tertiary/aromatic N) is 3. The number of nitrogens with two attached hydrogens (primary N) is 1. The maximum absolute atomic E-state index is 9.21. The largest absolute Gasteiger partial charge is 0.396 e. The molecule has 18 heavy (non-hydrogen) atoms. The van der Waals surface area contributed by atoms with Gasteiger partial charge in [0, 0.05) is 37.6 Å². The lowest BCUT2D eigenvalue weighted by Crippen LogP contribution is -2.24. The molecule has 0 aliphatic carbocycles. The Labute approximate surface area is 108 Å². The van der Waals surface area contributed by atoms with Gasteiger partial charge < -0.3 is 15.7 Å². The smallest absolute Gasteiger partial charge is 0.137 e. The van der Waals surface area contributed by atoms with Gasteiger partial charge >= 0.3 is 0 Å². The van der Waals surface area contributed by atoms with Crippen molar-refractivity contribution in [2.24, 2.45) is 5.92 Å². The second-order valence-electron chi connectivity index (χ2n) is 5.01. The van der Waals surface area contributed by atoms with E-state index in [1.165, 1.54) is 0 Å². The van der Waals surface area contributed by atoms with Crippen molar-refractivity contribution in [2.45, 2.75) is 33.1 Å². The summed E-state index contributed by atoms with van der Waals surface area (Å²) in [5.74, 6) is 2.70. The zero-order chi connectivity index (χ0) is 13.1. The highest BCUT2D eigenvalue weighted by molar-refractivity contribution is 5.57. The molecule has 3 N–H and O–H groups in total. The average molecular weight is 250 g/mol. The lowest BCUT2D eigenvalue weighted by molar-refractivity contribution is 0.238. The van der Waals surface area contributed by atoms with Gasteiger partial charge in [0.25, 0.3) is 0 Å². The standard InChI is InChI=1S/C13H22N4O/c1-3-4-11-15-12(14)9(2)13(16-11)17-6-5-10(7-17)8-18/h10,18H,3-8H2,1-2H3,(H2,14,15,16). The van der Waals surface area contributed by atoms with Crippen molar-refractivity contribution < 1.29 is 5.11 Å². The van der Waals surface area contributed by atoms with E-state index in [2.05, 4.69) is 21.8 Å². The number of aliphatic hydroxyl groups excluding tert-OH is 1. The van der Waals surface area contributed by atoms with Gasteiger partial charge in [0.1, 0.15) is 17.5 Å². The summed E-state index contributed by atoms with van der Waals surface area (Å²) in [6.07, 6.45) is 2.89. The first-order chi connectivity index (χ1) is 8.65. The molecule has 1 unspecified atom stereocenters. The van der Waals surface area contributed by atoms with Gasteiger partial charge in [0.15, 0.2) is 0 Å². The van der Waals surface area contributed by atoms with E-state index in [-0.39, 0.29) is 6.61 Å². The number of anilines is 2. The van der Waals surface area contributed by atoms with Crippen LogP contribution in [0.2, 0.25) is 0 Å². The Balaban J connectivity index is 2.26. The number of aromatic nitrogens is 2. The van der Waals surface area contributed by atoms with Crippen molar-refractivity contribution in [1.29, 1.82) is 0 Å². The Morgan fingerprint density at radius 1 is 1.44 bits per heavy atom. The zero-order valence-electron chi connectivity index (χ0n) is 11.2. The summed E-state index contributed by atoms with van der Waals surface area (Å²) in [5, 5.41) is 9.21. The maximum atomic E-state index is 9.21. The molecule has 1 fully saturated rings. The summed E-state index contributed by atoms with van der Waals surface area (Å²) < 4.78 is 0. The predicted molar refractivity (Wildman–Crippen MR) is 72.6 cm³/mol. The summed E-state index contributed by atoms with van der Waals surface area (Å²) in [4.78, 5) is 11.2. The van der Waals surface area contributed by atoms with Gasteiger partial charge in [0.2, 0.25) is 0 Å². The number of aryl methyl sites for hydroxylation is 1. The van der Waals surface area contributed by atoms with Crippen LogP contribution in [0.4, 0.5) is 11.6 Å². The number of hydrogen-bond acceptors (Lipinski definition) is 5. The van der Waals surface area contributed by atoms with Gasteiger partial charge in [-0.15, -0.1) is 0 Å². The minimum absolute atomic E-state index is 0.248. The monoisotopic (exact) mass is 250 g/mol. The van der Waals surface area contributed by atoms with Gasteiger partial charge in [0.05, 0.1) is 0 Å². The fourth-order valence-corrected chi connectivity index (χ4v) is 2.39. The average Bonchev–Trinajstić information content (AvgIpc) is 2.82. The first-order valence-electron chi connectivity index (χ1n) is 6.64. The van der Waals surface area contributed by atoms with Gasteiger partial charge in [-0.1, -0.05) is 6.92 Å². The van der Waals surface area contributed by atoms with Crippen LogP contribution in [0.1, 0.15) is 31.2 Å². The topological polar surface area (TPSA) is 75.3 Å². The molecule has 1 aliphatic rings. The molecule has 1 saturated heterocycles. The van der Waals surface area contributed by atoms with Crippen LogP contribution in [0.25, 0.3) is 0 Å². The van der Waals surface area contributed by atoms with E-state index >= 15 is 0 Å². The van der Waals surface area contributed by atoms with Gasteiger partial charge in [-0.25, -0.2) is 9.97 Å². The third-order valence-electron chi connectivity index (χ3n) is 3.52. The molecule has 1 aliphatic heterocycles. The second kappa shape index (κ2) is 5.52. The molecule has 1 aromatic heterocycles. The lowest BCUT2D eigenvalue weighted by atomic mass is 10.1. The van der Waals surface area contributed by atoms with E-state index in [9.17, 15) is 5.11 Å². The highest BCUT2D eigenvalue weighted by atomic mass is 16.3. The summed E-state index contributed by atoms with van der Waals surface area (Å²) in [6, 6.07) is 0. The molecule has 0 saturated carbocycles. The first kappa shape index (κ1) is 13.1. The van der Waals surface area contributed by atoms with Gasteiger partial charge in [-0.2, -0.15) is 0 Å². The van der Waals surface area contributed by atoms with E-state index in [4.69, 9.17) is 5.73 Å². The number of aliphatic hydroxyl groups is 1. The summed E-state index contributed by atoms with van der Waals surface area (Å²) in [5.41, 5.74) is 6.91. The van der Waals surface area contributed by atoms with Crippen molar-refractivity contribution in [3.8, 4) is 0 Å². The quantitative estimate of drug-likeness (QED) is 0.838. The van der Waals surface area contributed by atoms with Crippen molar-refractivity contribution >= 4 is 11.6 Å². The third-order valence-corrected chi connectivity index (χ3v) is 3.52. The molecule has 0 bridgehead atoms. The first-order valence-corrected chi connectivity index (χ1v) is 6.64. The maximum Gasteiger partial charge on any atom is 0.137 e. The molecular weight excluding hydrogens is 228 g/mol. The minimum Gasteiger partial charge on any atom is -0.396 e. The molecule has 0 amide bonds. The summed E-state index contributed by atoms with van der Waals surface area (Å²) in [7, 11) is 0. The Kier molecular flexibility index (Phi) is 4.01. The highest BCUT2D eigenvalue weighted by Crippen LogP contribution is 2.27. The van der Waals surface area contributed by atoms with Crippen LogP contribution in [0.15, 0.2) is 0 Å². The van der Waals surface area contributed by atoms with Crippen LogP contribution >= 0.6 is 0 Å². The van der Waals surface area contributed by atoms with Gasteiger partial charge in [-0.3, -0.25) is 0 Å². The lowest BCUT2D eigenvalue weighted by Gasteiger charge is -2.20. The molecule has 5 heteroatoms. The Hall–Kier alpha value is -1.36. The van der Waals surface area contributed by atoms with E-state index in [1.807, 2.05) is 6.92 Å². The zero-order valence-corrected chi connectivity index (χ0v) is 11.2. The Morgan fingerprint density at radius 3 is 2.83 bits per heavy atom. The second-order valence-corrected chi connectivity index (χ2v) is 5.01. The number of hydrogen-bond donors (Lipinski definition) is 2. The molecule has 2 heterocycles. The fraction of sp³-hybridized carbons (Fsp3) is 0.692. The SMILES string of the molecule is CCCc1nc(N)c(C)c(N2CCC(CO)C2)n1. The molecule has 100 valence electrons. The normalized spacial score (nSPS) is 19.5. The van der Waals surface area contributed by atoms with E-state index in [0.717, 1.165) is 49.6 Å². The Morgan fingerprint density at radius 2 is 2.22 bits per heavy atom. The molecule has 0 radical (unpaired) electrons. The number of nitrogen functional groups attached to an aromatic ring is 1. The van der Waals surface area contributed by atoms with Crippen LogP contribution in [-0.4, -0.2) is 34.8 Å².